The number of sulfonamides is 1. The van der Waals surface area contributed by atoms with E-state index in [-0.39, 0.29) is 31.2 Å². The summed E-state index contributed by atoms with van der Waals surface area (Å²) in [6.07, 6.45) is 1.40. The Hall–Kier alpha value is -1.22. The molecule has 1 aromatic rings. The Bertz CT molecular complexity index is 486. The van der Waals surface area contributed by atoms with E-state index in [4.69, 9.17) is 10.2 Å². The van der Waals surface area contributed by atoms with E-state index in [2.05, 4.69) is 10.3 Å². The van der Waals surface area contributed by atoms with Crippen LogP contribution in [0.4, 0.5) is 5.82 Å². The summed E-state index contributed by atoms with van der Waals surface area (Å²) >= 11 is 0. The van der Waals surface area contributed by atoms with E-state index in [0.29, 0.717) is 12.4 Å². The minimum atomic E-state index is -3.73. The lowest BCUT2D eigenvalue weighted by atomic mass is 10.4. The molecule has 0 spiro atoms. The molecule has 0 aliphatic heterocycles. The first-order chi connectivity index (χ1) is 9.06. The molecule has 0 bridgehead atoms. The maximum atomic E-state index is 12.3. The van der Waals surface area contributed by atoms with Crippen molar-refractivity contribution in [2.75, 3.05) is 38.2 Å². The minimum absolute atomic E-state index is 0.0538. The van der Waals surface area contributed by atoms with Crippen molar-refractivity contribution >= 4 is 15.8 Å². The lowest BCUT2D eigenvalue weighted by molar-refractivity contribution is 0.217. The van der Waals surface area contributed by atoms with E-state index in [1.165, 1.54) is 18.3 Å². The van der Waals surface area contributed by atoms with Crippen LogP contribution in [0.2, 0.25) is 0 Å². The molecule has 0 fully saturated rings. The highest BCUT2D eigenvalue weighted by Gasteiger charge is 2.23. The molecule has 1 aromatic heterocycles. The Morgan fingerprint density at radius 3 is 2.47 bits per heavy atom. The van der Waals surface area contributed by atoms with Crippen molar-refractivity contribution in [3.63, 3.8) is 0 Å². The molecule has 0 amide bonds. The summed E-state index contributed by atoms with van der Waals surface area (Å²) in [5.74, 6) is 0.469. The van der Waals surface area contributed by atoms with Crippen molar-refractivity contribution in [2.24, 2.45) is 0 Å². The highest BCUT2D eigenvalue weighted by molar-refractivity contribution is 7.89. The Labute approximate surface area is 112 Å². The number of hydrogen-bond donors (Lipinski definition) is 3. The molecule has 0 radical (unpaired) electrons. The van der Waals surface area contributed by atoms with Crippen LogP contribution in [-0.4, -0.2) is 60.8 Å². The molecule has 8 heteroatoms. The highest BCUT2D eigenvalue weighted by atomic mass is 32.2. The van der Waals surface area contributed by atoms with Crippen molar-refractivity contribution in [1.82, 2.24) is 9.29 Å². The quantitative estimate of drug-likeness (QED) is 0.595. The molecule has 1 heterocycles. The van der Waals surface area contributed by atoms with Crippen LogP contribution in [0.15, 0.2) is 23.2 Å². The van der Waals surface area contributed by atoms with Gasteiger partial charge in [0.1, 0.15) is 5.82 Å². The maximum absolute atomic E-state index is 12.3. The first-order valence-electron chi connectivity index (χ1n) is 5.98. The van der Waals surface area contributed by atoms with Gasteiger partial charge in [-0.25, -0.2) is 13.4 Å². The number of hydrogen-bond acceptors (Lipinski definition) is 6. The van der Waals surface area contributed by atoms with E-state index >= 15 is 0 Å². The van der Waals surface area contributed by atoms with E-state index in [0.717, 1.165) is 4.31 Å². The molecular weight excluding hydrogens is 270 g/mol. The molecule has 1 rings (SSSR count). The smallest absolute Gasteiger partial charge is 0.243 e. The third-order valence-corrected chi connectivity index (χ3v) is 4.32. The van der Waals surface area contributed by atoms with Crippen LogP contribution in [0, 0.1) is 0 Å². The fourth-order valence-corrected chi connectivity index (χ4v) is 3.01. The molecule has 19 heavy (non-hydrogen) atoms. The number of aliphatic hydroxyl groups is 2. The highest BCUT2D eigenvalue weighted by Crippen LogP contribution is 2.17. The molecule has 0 unspecified atom stereocenters. The predicted octanol–water partition coefficient (Wildman–Crippen LogP) is -0.511. The molecule has 0 saturated heterocycles. The Kier molecular flexibility index (Phi) is 6.16. The molecule has 0 saturated carbocycles. The zero-order chi connectivity index (χ0) is 14.3. The Balaban J connectivity index is 3.06. The van der Waals surface area contributed by atoms with Crippen LogP contribution >= 0.6 is 0 Å². The second kappa shape index (κ2) is 7.39. The van der Waals surface area contributed by atoms with Crippen molar-refractivity contribution in [3.05, 3.63) is 18.3 Å². The SMILES string of the molecule is CCNc1cc(S(=O)(=O)N(CCO)CCO)ccn1. The average Bonchev–Trinajstić information content (AvgIpc) is 2.39. The average molecular weight is 289 g/mol. The van der Waals surface area contributed by atoms with Gasteiger partial charge in [-0.1, -0.05) is 0 Å². The van der Waals surface area contributed by atoms with Crippen LogP contribution in [0.5, 0.6) is 0 Å². The van der Waals surface area contributed by atoms with Gasteiger partial charge in [0.05, 0.1) is 18.1 Å². The van der Waals surface area contributed by atoms with Crippen molar-refractivity contribution in [2.45, 2.75) is 11.8 Å². The van der Waals surface area contributed by atoms with Crippen LogP contribution in [-0.2, 0) is 10.0 Å². The van der Waals surface area contributed by atoms with Crippen molar-refractivity contribution in [3.8, 4) is 0 Å². The van der Waals surface area contributed by atoms with Crippen molar-refractivity contribution < 1.29 is 18.6 Å². The minimum Gasteiger partial charge on any atom is -0.395 e. The normalized spacial score (nSPS) is 11.8. The van der Waals surface area contributed by atoms with Crippen LogP contribution in [0.1, 0.15) is 6.92 Å². The van der Waals surface area contributed by atoms with Crippen LogP contribution in [0.25, 0.3) is 0 Å². The van der Waals surface area contributed by atoms with Gasteiger partial charge < -0.3 is 15.5 Å². The summed E-state index contributed by atoms with van der Waals surface area (Å²) in [4.78, 5) is 4.08. The number of rotatable bonds is 8. The van der Waals surface area contributed by atoms with Gasteiger partial charge in [-0.05, 0) is 13.0 Å². The number of anilines is 1. The molecule has 0 atom stereocenters. The van der Waals surface area contributed by atoms with E-state index < -0.39 is 10.0 Å². The first-order valence-corrected chi connectivity index (χ1v) is 7.42. The number of pyridine rings is 1. The molecular formula is C11H19N3O4S. The fraction of sp³-hybridized carbons (Fsp3) is 0.545. The first kappa shape index (κ1) is 15.8. The lowest BCUT2D eigenvalue weighted by Crippen LogP contribution is -2.35. The largest absolute Gasteiger partial charge is 0.395 e. The second-order valence-electron chi connectivity index (χ2n) is 3.76. The topological polar surface area (TPSA) is 103 Å². The molecule has 7 nitrogen and oxygen atoms in total. The van der Waals surface area contributed by atoms with E-state index in [1.807, 2.05) is 6.92 Å². The van der Waals surface area contributed by atoms with Gasteiger partial charge in [0.25, 0.3) is 0 Å². The lowest BCUT2D eigenvalue weighted by Gasteiger charge is -2.20. The number of aromatic nitrogens is 1. The molecule has 0 aromatic carbocycles. The summed E-state index contributed by atoms with van der Waals surface area (Å²) in [6.45, 7) is 1.80. The third kappa shape index (κ3) is 4.13. The van der Waals surface area contributed by atoms with Crippen LogP contribution in [0.3, 0.4) is 0 Å². The predicted molar refractivity (Wildman–Crippen MR) is 71.3 cm³/mol. The Morgan fingerprint density at radius 2 is 1.95 bits per heavy atom. The van der Waals surface area contributed by atoms with Gasteiger partial charge in [0.2, 0.25) is 10.0 Å². The van der Waals surface area contributed by atoms with Gasteiger partial charge in [-0.15, -0.1) is 0 Å². The van der Waals surface area contributed by atoms with Gasteiger partial charge in [-0.2, -0.15) is 4.31 Å². The van der Waals surface area contributed by atoms with Crippen molar-refractivity contribution in [1.29, 1.82) is 0 Å². The zero-order valence-corrected chi connectivity index (χ0v) is 11.6. The summed E-state index contributed by atoms with van der Waals surface area (Å²) < 4.78 is 25.7. The molecule has 0 aliphatic carbocycles. The monoisotopic (exact) mass is 289 g/mol. The molecule has 108 valence electrons. The summed E-state index contributed by atoms with van der Waals surface area (Å²) in [7, 11) is -3.73. The van der Waals surface area contributed by atoms with Crippen LogP contribution < -0.4 is 5.32 Å². The van der Waals surface area contributed by atoms with Gasteiger partial charge in [-0.3, -0.25) is 0 Å². The Morgan fingerprint density at radius 1 is 1.32 bits per heavy atom. The standard InChI is InChI=1S/C11H19N3O4S/c1-2-12-11-9-10(3-4-13-11)19(17,18)14(5-7-15)6-8-16/h3-4,9,15-16H,2,5-8H2,1H3,(H,12,13). The third-order valence-electron chi connectivity index (χ3n) is 2.43. The summed E-state index contributed by atoms with van der Waals surface area (Å²) in [5.41, 5.74) is 0. The van der Waals surface area contributed by atoms with E-state index in [9.17, 15) is 8.42 Å². The zero-order valence-electron chi connectivity index (χ0n) is 10.8. The molecule has 3 N–H and O–H groups in total. The number of nitrogens with zero attached hydrogens (tertiary/aromatic N) is 2. The number of nitrogens with one attached hydrogen (secondary N) is 1. The molecule has 0 aliphatic rings. The second-order valence-corrected chi connectivity index (χ2v) is 5.70. The van der Waals surface area contributed by atoms with Gasteiger partial charge in [0.15, 0.2) is 0 Å². The van der Waals surface area contributed by atoms with Gasteiger partial charge in [0, 0.05) is 31.9 Å². The number of aliphatic hydroxyl groups excluding tert-OH is 2. The fourth-order valence-electron chi connectivity index (χ4n) is 1.57. The summed E-state index contributed by atoms with van der Waals surface area (Å²) in [5, 5.41) is 20.7. The van der Waals surface area contributed by atoms with Gasteiger partial charge >= 0.3 is 0 Å². The summed E-state index contributed by atoms with van der Waals surface area (Å²) in [6, 6.07) is 2.82. The maximum Gasteiger partial charge on any atom is 0.243 e. The van der Waals surface area contributed by atoms with E-state index in [1.54, 1.807) is 0 Å².